The molecular weight excluding hydrogens is 206 g/mol. The van der Waals surface area contributed by atoms with Gasteiger partial charge in [0.25, 0.3) is 0 Å². The molecule has 1 aliphatic rings. The molecule has 2 rings (SSSR count). The predicted octanol–water partition coefficient (Wildman–Crippen LogP) is 0.566. The lowest BCUT2D eigenvalue weighted by Crippen LogP contribution is -2.26. The summed E-state index contributed by atoms with van der Waals surface area (Å²) in [5.74, 6) is -1.31. The zero-order chi connectivity index (χ0) is 11.5. The summed E-state index contributed by atoms with van der Waals surface area (Å²) in [7, 11) is 0. The molecule has 1 unspecified atom stereocenters. The highest BCUT2D eigenvalue weighted by molar-refractivity contribution is 6.09. The second-order valence-corrected chi connectivity index (χ2v) is 3.54. The lowest BCUT2D eigenvalue weighted by molar-refractivity contribution is -0.151. The number of ether oxygens (including phenoxy) is 1. The van der Waals surface area contributed by atoms with Gasteiger partial charge in [-0.15, -0.1) is 0 Å². The van der Waals surface area contributed by atoms with E-state index in [-0.39, 0.29) is 5.57 Å². The van der Waals surface area contributed by atoms with Gasteiger partial charge in [-0.25, -0.2) is 9.59 Å². The van der Waals surface area contributed by atoms with E-state index in [4.69, 9.17) is 5.73 Å². The van der Waals surface area contributed by atoms with Gasteiger partial charge in [-0.05, 0) is 12.0 Å². The Hall–Kier alpha value is -1.94. The minimum atomic E-state index is -0.934. The molecule has 4 nitrogen and oxygen atoms in total. The van der Waals surface area contributed by atoms with Crippen molar-refractivity contribution in [3.05, 3.63) is 47.5 Å². The number of esters is 2. The molecule has 1 aromatic rings. The highest BCUT2D eigenvalue weighted by Crippen LogP contribution is 2.15. The molecule has 1 aromatic carbocycles. The fraction of sp³-hybridized carbons (Fsp3) is 0.167. The lowest BCUT2D eigenvalue weighted by atomic mass is 10.1. The summed E-state index contributed by atoms with van der Waals surface area (Å²) in [5, 5.41) is 0. The molecule has 2 N–H and O–H groups in total. The van der Waals surface area contributed by atoms with Crippen LogP contribution in [0.25, 0.3) is 0 Å². The first-order valence-corrected chi connectivity index (χ1v) is 4.94. The number of cyclic esters (lactones) is 2. The van der Waals surface area contributed by atoms with Crippen molar-refractivity contribution in [3.8, 4) is 0 Å². The maximum absolute atomic E-state index is 11.2. The second-order valence-electron chi connectivity index (χ2n) is 3.54. The molecule has 16 heavy (non-hydrogen) atoms. The minimum absolute atomic E-state index is 0.244. The minimum Gasteiger partial charge on any atom is -0.388 e. The monoisotopic (exact) mass is 217 g/mol. The first-order chi connectivity index (χ1) is 7.68. The van der Waals surface area contributed by atoms with Gasteiger partial charge in [-0.3, -0.25) is 0 Å². The van der Waals surface area contributed by atoms with Gasteiger partial charge in [-0.2, -0.15) is 0 Å². The molecule has 1 aliphatic heterocycles. The van der Waals surface area contributed by atoms with Crippen LogP contribution in [0.4, 0.5) is 0 Å². The quantitative estimate of drug-likeness (QED) is 0.446. The van der Waals surface area contributed by atoms with Crippen LogP contribution in [0.1, 0.15) is 5.56 Å². The van der Waals surface area contributed by atoms with Crippen molar-refractivity contribution in [3.63, 3.8) is 0 Å². The number of hydrogen-bond donors (Lipinski definition) is 1. The Kier molecular flexibility index (Phi) is 2.83. The Morgan fingerprint density at radius 2 is 1.94 bits per heavy atom. The van der Waals surface area contributed by atoms with Gasteiger partial charge in [-0.1, -0.05) is 36.4 Å². The average Bonchev–Trinajstić information content (AvgIpc) is 2.53. The van der Waals surface area contributed by atoms with Crippen molar-refractivity contribution >= 4 is 11.9 Å². The first kappa shape index (κ1) is 10.6. The van der Waals surface area contributed by atoms with E-state index in [1.54, 1.807) is 6.08 Å². The number of benzene rings is 1. The molecule has 0 bridgehead atoms. The Balaban J connectivity index is 2.14. The molecular formula is C12H11NO3. The van der Waals surface area contributed by atoms with Gasteiger partial charge in [0.1, 0.15) is 6.04 Å². The van der Waals surface area contributed by atoms with E-state index in [0.29, 0.717) is 6.42 Å². The molecule has 0 aromatic heterocycles. The predicted molar refractivity (Wildman–Crippen MR) is 57.3 cm³/mol. The van der Waals surface area contributed by atoms with E-state index in [2.05, 4.69) is 4.74 Å². The maximum Gasteiger partial charge on any atom is 0.343 e. The third-order valence-electron chi connectivity index (χ3n) is 2.42. The van der Waals surface area contributed by atoms with Gasteiger partial charge in [0.15, 0.2) is 0 Å². The third kappa shape index (κ3) is 2.01. The summed E-state index contributed by atoms with van der Waals surface area (Å²) in [4.78, 5) is 22.2. The average molecular weight is 217 g/mol. The molecule has 1 heterocycles. The summed E-state index contributed by atoms with van der Waals surface area (Å²) < 4.78 is 4.40. The lowest BCUT2D eigenvalue weighted by Gasteiger charge is -1.98. The topological polar surface area (TPSA) is 69.4 Å². The Morgan fingerprint density at radius 1 is 1.25 bits per heavy atom. The summed E-state index contributed by atoms with van der Waals surface area (Å²) in [5.41, 5.74) is 6.81. The van der Waals surface area contributed by atoms with Crippen LogP contribution in [-0.2, 0) is 20.7 Å². The van der Waals surface area contributed by atoms with E-state index in [1.165, 1.54) is 0 Å². The molecule has 1 atom stereocenters. The molecule has 1 fully saturated rings. The van der Waals surface area contributed by atoms with Crippen molar-refractivity contribution in [2.75, 3.05) is 0 Å². The van der Waals surface area contributed by atoms with Gasteiger partial charge in [0.2, 0.25) is 0 Å². The summed E-state index contributed by atoms with van der Waals surface area (Å²) in [6.45, 7) is 0. The van der Waals surface area contributed by atoms with Crippen molar-refractivity contribution in [1.29, 1.82) is 0 Å². The molecule has 0 radical (unpaired) electrons. The van der Waals surface area contributed by atoms with Crippen LogP contribution in [0.2, 0.25) is 0 Å². The summed E-state index contributed by atoms with van der Waals surface area (Å²) in [6.07, 6.45) is 2.21. The van der Waals surface area contributed by atoms with Crippen molar-refractivity contribution in [2.45, 2.75) is 12.5 Å². The fourth-order valence-corrected chi connectivity index (χ4v) is 1.52. The van der Waals surface area contributed by atoms with Crippen LogP contribution in [0.3, 0.4) is 0 Å². The fourth-order valence-electron chi connectivity index (χ4n) is 1.52. The number of allylic oxidation sites excluding steroid dienone is 1. The van der Waals surface area contributed by atoms with Crippen LogP contribution < -0.4 is 5.73 Å². The third-order valence-corrected chi connectivity index (χ3v) is 2.42. The van der Waals surface area contributed by atoms with Crippen molar-refractivity contribution < 1.29 is 14.3 Å². The number of rotatable bonds is 2. The summed E-state index contributed by atoms with van der Waals surface area (Å²) in [6, 6.07) is 8.67. The van der Waals surface area contributed by atoms with Crippen LogP contribution in [-0.4, -0.2) is 18.0 Å². The smallest absolute Gasteiger partial charge is 0.343 e. The Bertz CT molecular complexity index is 451. The molecule has 4 heteroatoms. The Morgan fingerprint density at radius 3 is 2.50 bits per heavy atom. The molecule has 0 amide bonds. The van der Waals surface area contributed by atoms with Gasteiger partial charge < -0.3 is 10.5 Å². The molecule has 0 spiro atoms. The number of carbonyl (C=O) groups is 2. The SMILES string of the molecule is NC1C(=O)OC(=O)C1=CCc1ccccc1. The first-order valence-electron chi connectivity index (χ1n) is 4.94. The van der Waals surface area contributed by atoms with E-state index >= 15 is 0 Å². The van der Waals surface area contributed by atoms with Crippen molar-refractivity contribution in [2.24, 2.45) is 5.73 Å². The molecule has 0 saturated carbocycles. The summed E-state index contributed by atoms with van der Waals surface area (Å²) >= 11 is 0. The van der Waals surface area contributed by atoms with Crippen LogP contribution in [0, 0.1) is 0 Å². The molecule has 1 saturated heterocycles. The van der Waals surface area contributed by atoms with Crippen molar-refractivity contribution in [1.82, 2.24) is 0 Å². The maximum atomic E-state index is 11.2. The van der Waals surface area contributed by atoms with E-state index in [1.807, 2.05) is 30.3 Å². The zero-order valence-corrected chi connectivity index (χ0v) is 8.55. The largest absolute Gasteiger partial charge is 0.388 e. The van der Waals surface area contributed by atoms with E-state index < -0.39 is 18.0 Å². The number of carbonyl (C=O) groups excluding carboxylic acids is 2. The van der Waals surface area contributed by atoms with Gasteiger partial charge in [0.05, 0.1) is 5.57 Å². The zero-order valence-electron chi connectivity index (χ0n) is 8.55. The standard InChI is InChI=1S/C12H11NO3/c13-10-9(11(14)16-12(10)15)7-6-8-4-2-1-3-5-8/h1-5,7,10H,6,13H2. The van der Waals surface area contributed by atoms with Crippen LogP contribution >= 0.6 is 0 Å². The van der Waals surface area contributed by atoms with E-state index in [9.17, 15) is 9.59 Å². The highest BCUT2D eigenvalue weighted by atomic mass is 16.6. The van der Waals surface area contributed by atoms with Crippen LogP contribution in [0.15, 0.2) is 42.0 Å². The van der Waals surface area contributed by atoms with Gasteiger partial charge >= 0.3 is 11.9 Å². The number of nitrogens with two attached hydrogens (primary N) is 1. The highest BCUT2D eigenvalue weighted by Gasteiger charge is 2.35. The molecule has 82 valence electrons. The Labute approximate surface area is 92.7 Å². The van der Waals surface area contributed by atoms with Crippen LogP contribution in [0.5, 0.6) is 0 Å². The molecule has 0 aliphatic carbocycles. The second kappa shape index (κ2) is 4.28. The number of hydrogen-bond acceptors (Lipinski definition) is 4. The normalized spacial score (nSPS) is 22.6. The van der Waals surface area contributed by atoms with E-state index in [0.717, 1.165) is 5.56 Å². The van der Waals surface area contributed by atoms with Gasteiger partial charge in [0, 0.05) is 0 Å².